The summed E-state index contributed by atoms with van der Waals surface area (Å²) in [6.07, 6.45) is 0.611. The van der Waals surface area contributed by atoms with E-state index in [1.165, 1.54) is 6.92 Å². The highest BCUT2D eigenvalue weighted by atomic mass is 19.1. The molecule has 0 aliphatic carbocycles. The Labute approximate surface area is 81.7 Å². The lowest BCUT2D eigenvalue weighted by molar-refractivity contribution is -0.111. The maximum Gasteiger partial charge on any atom is 0.130 e. The third-order valence-electron chi connectivity index (χ3n) is 2.24. The number of carbonyl (C=O) groups excluding carboxylic acids is 1. The van der Waals surface area contributed by atoms with Gasteiger partial charge in [-0.05, 0) is 38.5 Å². The Morgan fingerprint density at radius 3 is 2.29 bits per heavy atom. The lowest BCUT2D eigenvalue weighted by Gasteiger charge is -2.18. The molecule has 0 saturated heterocycles. The largest absolute Gasteiger partial charge is 0.302 e. The number of rotatable bonds is 2. The van der Waals surface area contributed by atoms with Gasteiger partial charge < -0.3 is 4.79 Å². The van der Waals surface area contributed by atoms with Crippen LogP contribution in [0.15, 0.2) is 12.1 Å². The molecule has 0 radical (unpaired) electrons. The van der Waals surface area contributed by atoms with E-state index >= 15 is 0 Å². The van der Waals surface area contributed by atoms with Gasteiger partial charge in [0, 0.05) is 11.0 Å². The summed E-state index contributed by atoms with van der Waals surface area (Å²) in [7, 11) is 0. The highest BCUT2D eigenvalue weighted by Gasteiger charge is 2.24. The molecular formula is C11H12F2O. The van der Waals surface area contributed by atoms with Crippen LogP contribution < -0.4 is 0 Å². The fourth-order valence-corrected chi connectivity index (χ4v) is 1.20. The second-order valence-electron chi connectivity index (χ2n) is 3.92. The molecule has 0 spiro atoms. The number of halogens is 2. The Balaban J connectivity index is 3.36. The average Bonchev–Trinajstić information content (AvgIpc) is 2.11. The van der Waals surface area contributed by atoms with Gasteiger partial charge >= 0.3 is 0 Å². The molecule has 0 unspecified atom stereocenters. The van der Waals surface area contributed by atoms with Crippen molar-refractivity contribution in [2.24, 2.45) is 0 Å². The molecule has 0 saturated carbocycles. The van der Waals surface area contributed by atoms with Gasteiger partial charge in [-0.15, -0.1) is 0 Å². The molecule has 14 heavy (non-hydrogen) atoms. The lowest BCUT2D eigenvalue weighted by Crippen LogP contribution is -2.21. The molecule has 0 fully saturated rings. The fraction of sp³-hybridized carbons (Fsp3) is 0.364. The van der Waals surface area contributed by atoms with E-state index in [-0.39, 0.29) is 11.1 Å². The van der Waals surface area contributed by atoms with Crippen molar-refractivity contribution in [2.75, 3.05) is 0 Å². The highest BCUT2D eigenvalue weighted by Crippen LogP contribution is 2.25. The standard InChI is InChI=1S/C11H12F2O/c1-7-4-10(13)8(5-9(7)12)11(2,3)6-14/h4-6H,1-3H3. The summed E-state index contributed by atoms with van der Waals surface area (Å²) in [5.41, 5.74) is -0.651. The van der Waals surface area contributed by atoms with Crippen molar-refractivity contribution in [2.45, 2.75) is 26.2 Å². The zero-order valence-electron chi connectivity index (χ0n) is 8.40. The maximum atomic E-state index is 13.4. The number of carbonyl (C=O) groups is 1. The molecule has 0 aliphatic rings. The van der Waals surface area contributed by atoms with Gasteiger partial charge in [-0.25, -0.2) is 8.78 Å². The van der Waals surface area contributed by atoms with Crippen LogP contribution >= 0.6 is 0 Å². The summed E-state index contributed by atoms with van der Waals surface area (Å²) >= 11 is 0. The molecule has 0 atom stereocenters. The van der Waals surface area contributed by atoms with Crippen LogP contribution in [0.2, 0.25) is 0 Å². The first-order valence-corrected chi connectivity index (χ1v) is 4.31. The van der Waals surface area contributed by atoms with Crippen LogP contribution in [0.25, 0.3) is 0 Å². The van der Waals surface area contributed by atoms with Crippen molar-refractivity contribution in [1.82, 2.24) is 0 Å². The van der Waals surface area contributed by atoms with Crippen LogP contribution in [0.1, 0.15) is 25.0 Å². The third-order valence-corrected chi connectivity index (χ3v) is 2.24. The summed E-state index contributed by atoms with van der Waals surface area (Å²) in [6, 6.07) is 2.19. The Bertz CT molecular complexity index is 370. The third kappa shape index (κ3) is 1.81. The number of aldehydes is 1. The van der Waals surface area contributed by atoms with Crippen LogP contribution in [0, 0.1) is 18.6 Å². The van der Waals surface area contributed by atoms with E-state index in [0.29, 0.717) is 6.29 Å². The van der Waals surface area contributed by atoms with Crippen LogP contribution in [-0.2, 0) is 10.2 Å². The minimum absolute atomic E-state index is 0.0931. The van der Waals surface area contributed by atoms with Crippen LogP contribution in [0.3, 0.4) is 0 Å². The van der Waals surface area contributed by atoms with Gasteiger partial charge in [0.15, 0.2) is 0 Å². The van der Waals surface area contributed by atoms with Gasteiger partial charge in [-0.1, -0.05) is 0 Å². The number of aryl methyl sites for hydroxylation is 1. The van der Waals surface area contributed by atoms with Gasteiger partial charge in [-0.3, -0.25) is 0 Å². The molecular weight excluding hydrogens is 186 g/mol. The zero-order chi connectivity index (χ0) is 10.9. The molecule has 0 aromatic heterocycles. The first-order valence-electron chi connectivity index (χ1n) is 4.31. The zero-order valence-corrected chi connectivity index (χ0v) is 8.40. The van der Waals surface area contributed by atoms with Crippen molar-refractivity contribution in [1.29, 1.82) is 0 Å². The molecule has 0 bridgehead atoms. The Morgan fingerprint density at radius 2 is 1.79 bits per heavy atom. The molecule has 1 rings (SSSR count). The summed E-state index contributed by atoms with van der Waals surface area (Å²) in [6.45, 7) is 4.58. The van der Waals surface area contributed by atoms with Gasteiger partial charge in [0.25, 0.3) is 0 Å². The van der Waals surface area contributed by atoms with Crippen molar-refractivity contribution in [3.05, 3.63) is 34.9 Å². The lowest BCUT2D eigenvalue weighted by atomic mass is 9.85. The molecule has 0 amide bonds. The molecule has 3 heteroatoms. The minimum atomic E-state index is -0.987. The minimum Gasteiger partial charge on any atom is -0.302 e. The second kappa shape index (κ2) is 3.48. The SMILES string of the molecule is Cc1cc(F)c(C(C)(C)C=O)cc1F. The topological polar surface area (TPSA) is 17.1 Å². The summed E-state index contributed by atoms with van der Waals surface area (Å²) in [5.74, 6) is -1.03. The van der Waals surface area contributed by atoms with E-state index in [0.717, 1.165) is 12.1 Å². The second-order valence-corrected chi connectivity index (χ2v) is 3.92. The van der Waals surface area contributed by atoms with E-state index in [2.05, 4.69) is 0 Å². The quantitative estimate of drug-likeness (QED) is 0.668. The van der Waals surface area contributed by atoms with E-state index < -0.39 is 17.0 Å². The van der Waals surface area contributed by atoms with E-state index in [9.17, 15) is 13.6 Å². The monoisotopic (exact) mass is 198 g/mol. The summed E-state index contributed by atoms with van der Waals surface area (Å²) in [4.78, 5) is 10.7. The predicted octanol–water partition coefficient (Wildman–Crippen LogP) is 2.75. The molecule has 0 N–H and O–H groups in total. The van der Waals surface area contributed by atoms with Crippen molar-refractivity contribution in [3.8, 4) is 0 Å². The van der Waals surface area contributed by atoms with Crippen molar-refractivity contribution in [3.63, 3.8) is 0 Å². The van der Waals surface area contributed by atoms with Gasteiger partial charge in [0.2, 0.25) is 0 Å². The Morgan fingerprint density at radius 1 is 1.21 bits per heavy atom. The number of hydrogen-bond acceptors (Lipinski definition) is 1. The Kier molecular flexibility index (Phi) is 2.69. The van der Waals surface area contributed by atoms with Crippen molar-refractivity contribution < 1.29 is 13.6 Å². The first-order chi connectivity index (χ1) is 6.38. The fourth-order valence-electron chi connectivity index (χ4n) is 1.20. The van der Waals surface area contributed by atoms with Crippen LogP contribution in [0.4, 0.5) is 8.78 Å². The highest BCUT2D eigenvalue weighted by molar-refractivity contribution is 5.67. The van der Waals surface area contributed by atoms with Crippen molar-refractivity contribution >= 4 is 6.29 Å². The normalized spacial score (nSPS) is 11.5. The summed E-state index contributed by atoms with van der Waals surface area (Å²) in [5, 5.41) is 0. The first kappa shape index (κ1) is 10.8. The Hall–Kier alpha value is -1.25. The van der Waals surface area contributed by atoms with Crippen LogP contribution in [0.5, 0.6) is 0 Å². The summed E-state index contributed by atoms with van der Waals surface area (Å²) < 4.78 is 26.5. The molecule has 1 aromatic carbocycles. The molecule has 1 aromatic rings. The molecule has 0 aliphatic heterocycles. The smallest absolute Gasteiger partial charge is 0.130 e. The van der Waals surface area contributed by atoms with Gasteiger partial charge in [-0.2, -0.15) is 0 Å². The van der Waals surface area contributed by atoms with Gasteiger partial charge in [0.1, 0.15) is 17.9 Å². The molecule has 76 valence electrons. The van der Waals surface area contributed by atoms with E-state index in [1.807, 2.05) is 0 Å². The van der Waals surface area contributed by atoms with E-state index in [4.69, 9.17) is 0 Å². The molecule has 1 nitrogen and oxygen atoms in total. The maximum absolute atomic E-state index is 13.4. The molecule has 0 heterocycles. The number of benzene rings is 1. The van der Waals surface area contributed by atoms with E-state index in [1.54, 1.807) is 13.8 Å². The van der Waals surface area contributed by atoms with Crippen LogP contribution in [-0.4, -0.2) is 6.29 Å². The number of hydrogen-bond donors (Lipinski definition) is 0. The predicted molar refractivity (Wildman–Crippen MR) is 50.2 cm³/mol. The average molecular weight is 198 g/mol. The van der Waals surface area contributed by atoms with Gasteiger partial charge in [0.05, 0.1) is 0 Å².